The third-order valence-electron chi connectivity index (χ3n) is 3.29. The van der Waals surface area contributed by atoms with Gasteiger partial charge in [-0.1, -0.05) is 0 Å². The Morgan fingerprint density at radius 3 is 2.21 bits per heavy atom. The van der Waals surface area contributed by atoms with Gasteiger partial charge in [0, 0.05) is 27.1 Å². The molecule has 1 fully saturated rings. The minimum Gasteiger partial charge on any atom is -0.396 e. The highest BCUT2D eigenvalue weighted by Crippen LogP contribution is 2.28. The molecular weight excluding hydrogens is 178 g/mol. The lowest BCUT2D eigenvalue weighted by Crippen LogP contribution is -2.32. The maximum atomic E-state index is 11.0. The highest BCUT2D eigenvalue weighted by Gasteiger charge is 2.21. The molecule has 0 aromatic carbocycles. The zero-order chi connectivity index (χ0) is 10.6. The number of amides is 1. The molecule has 3 nitrogen and oxygen atoms in total. The van der Waals surface area contributed by atoms with Crippen molar-refractivity contribution in [2.24, 2.45) is 11.8 Å². The minimum absolute atomic E-state index is 0.147. The molecule has 1 amide bonds. The molecule has 0 radical (unpaired) electrons. The normalized spacial score (nSPS) is 27.4. The number of aliphatic hydroxyl groups excluding tert-OH is 1. The van der Waals surface area contributed by atoms with E-state index >= 15 is 0 Å². The fraction of sp³-hybridized carbons (Fsp3) is 0.909. The number of rotatable bonds is 3. The van der Waals surface area contributed by atoms with Gasteiger partial charge in [-0.05, 0) is 37.5 Å². The topological polar surface area (TPSA) is 40.5 Å². The van der Waals surface area contributed by atoms with E-state index in [9.17, 15) is 4.79 Å². The van der Waals surface area contributed by atoms with Crippen molar-refractivity contribution in [1.29, 1.82) is 0 Å². The van der Waals surface area contributed by atoms with Crippen LogP contribution in [0.5, 0.6) is 0 Å². The van der Waals surface area contributed by atoms with Crippen molar-refractivity contribution in [2.75, 3.05) is 20.2 Å². The number of hydrogen-bond acceptors (Lipinski definition) is 2. The van der Waals surface area contributed by atoms with Crippen LogP contribution in [0.2, 0.25) is 0 Å². The number of carbonyl (C=O) groups excluding carboxylic acids is 1. The van der Waals surface area contributed by atoms with E-state index in [4.69, 9.17) is 5.11 Å². The zero-order valence-corrected chi connectivity index (χ0v) is 9.20. The Labute approximate surface area is 86.1 Å². The third-order valence-corrected chi connectivity index (χ3v) is 3.29. The van der Waals surface area contributed by atoms with Crippen LogP contribution < -0.4 is 0 Å². The lowest BCUT2D eigenvalue weighted by Gasteiger charge is -2.30. The first-order chi connectivity index (χ1) is 6.63. The van der Waals surface area contributed by atoms with Crippen LogP contribution >= 0.6 is 0 Å². The summed E-state index contributed by atoms with van der Waals surface area (Å²) in [6, 6.07) is 0. The Morgan fingerprint density at radius 1 is 1.29 bits per heavy atom. The summed E-state index contributed by atoms with van der Waals surface area (Å²) in [6.45, 7) is 2.82. The highest BCUT2D eigenvalue weighted by molar-refractivity contribution is 5.72. The molecule has 0 spiro atoms. The third kappa shape index (κ3) is 3.29. The van der Waals surface area contributed by atoms with Crippen LogP contribution in [0.15, 0.2) is 0 Å². The van der Waals surface area contributed by atoms with E-state index in [-0.39, 0.29) is 5.91 Å². The first kappa shape index (κ1) is 11.5. The summed E-state index contributed by atoms with van der Waals surface area (Å²) in [6.07, 6.45) is 4.55. The Balaban J connectivity index is 2.25. The maximum Gasteiger partial charge on any atom is 0.219 e. The van der Waals surface area contributed by atoms with E-state index in [1.807, 2.05) is 7.05 Å². The molecule has 82 valence electrons. The van der Waals surface area contributed by atoms with E-state index < -0.39 is 0 Å². The molecule has 1 aliphatic carbocycles. The second-order valence-corrected chi connectivity index (χ2v) is 4.47. The fourth-order valence-electron chi connectivity index (χ4n) is 2.11. The van der Waals surface area contributed by atoms with Crippen LogP contribution in [0.3, 0.4) is 0 Å². The van der Waals surface area contributed by atoms with Gasteiger partial charge >= 0.3 is 0 Å². The quantitative estimate of drug-likeness (QED) is 0.743. The van der Waals surface area contributed by atoms with Crippen molar-refractivity contribution in [3.05, 3.63) is 0 Å². The molecule has 0 atom stereocenters. The van der Waals surface area contributed by atoms with Gasteiger partial charge in [0.1, 0.15) is 0 Å². The number of nitrogens with zero attached hydrogens (tertiary/aromatic N) is 1. The molecule has 0 heterocycles. The summed E-state index contributed by atoms with van der Waals surface area (Å²) in [4.78, 5) is 12.8. The van der Waals surface area contributed by atoms with Crippen LogP contribution in [-0.4, -0.2) is 36.1 Å². The Hall–Kier alpha value is -0.570. The Morgan fingerprint density at radius 2 is 1.79 bits per heavy atom. The van der Waals surface area contributed by atoms with Gasteiger partial charge in [0.2, 0.25) is 5.91 Å². The van der Waals surface area contributed by atoms with Gasteiger partial charge in [-0.2, -0.15) is 0 Å². The van der Waals surface area contributed by atoms with Crippen molar-refractivity contribution in [3.8, 4) is 0 Å². The monoisotopic (exact) mass is 199 g/mol. The average molecular weight is 199 g/mol. The van der Waals surface area contributed by atoms with Gasteiger partial charge in [0.15, 0.2) is 0 Å². The minimum atomic E-state index is 0.147. The summed E-state index contributed by atoms with van der Waals surface area (Å²) < 4.78 is 0. The van der Waals surface area contributed by atoms with Crippen molar-refractivity contribution in [3.63, 3.8) is 0 Å². The predicted molar refractivity (Wildman–Crippen MR) is 55.8 cm³/mol. The van der Waals surface area contributed by atoms with E-state index in [0.29, 0.717) is 18.4 Å². The summed E-state index contributed by atoms with van der Waals surface area (Å²) in [5.41, 5.74) is 0. The lowest BCUT2D eigenvalue weighted by atomic mass is 9.82. The Bertz CT molecular complexity index is 186. The molecule has 1 rings (SSSR count). The summed E-state index contributed by atoms with van der Waals surface area (Å²) >= 11 is 0. The molecule has 0 saturated heterocycles. The Kier molecular flexibility index (Phi) is 4.39. The zero-order valence-electron chi connectivity index (χ0n) is 9.20. The summed E-state index contributed by atoms with van der Waals surface area (Å²) in [7, 11) is 1.86. The molecule has 0 aliphatic heterocycles. The van der Waals surface area contributed by atoms with E-state index in [2.05, 4.69) is 0 Å². The van der Waals surface area contributed by atoms with Crippen LogP contribution in [0.25, 0.3) is 0 Å². The molecule has 3 heteroatoms. The van der Waals surface area contributed by atoms with E-state index in [1.54, 1.807) is 11.8 Å². The van der Waals surface area contributed by atoms with Gasteiger partial charge in [-0.3, -0.25) is 4.79 Å². The van der Waals surface area contributed by atoms with Gasteiger partial charge in [0.05, 0.1) is 0 Å². The number of hydrogen-bond donors (Lipinski definition) is 1. The van der Waals surface area contributed by atoms with Crippen molar-refractivity contribution in [2.45, 2.75) is 32.6 Å². The standard InChI is InChI=1S/C11H21NO2/c1-9(14)12(2)7-10-3-5-11(8-13)6-4-10/h10-11,13H,3-8H2,1-2H3. The molecular formula is C11H21NO2. The van der Waals surface area contributed by atoms with Crippen LogP contribution in [-0.2, 0) is 4.79 Å². The summed E-state index contributed by atoms with van der Waals surface area (Å²) in [5, 5.41) is 8.98. The molecule has 1 aliphatic rings. The molecule has 1 N–H and O–H groups in total. The van der Waals surface area contributed by atoms with Crippen molar-refractivity contribution in [1.82, 2.24) is 4.90 Å². The number of aliphatic hydroxyl groups is 1. The second-order valence-electron chi connectivity index (χ2n) is 4.47. The molecule has 0 aromatic heterocycles. The molecule has 14 heavy (non-hydrogen) atoms. The van der Waals surface area contributed by atoms with Crippen LogP contribution in [0.4, 0.5) is 0 Å². The lowest BCUT2D eigenvalue weighted by molar-refractivity contribution is -0.128. The van der Waals surface area contributed by atoms with E-state index in [0.717, 1.165) is 32.2 Å². The molecule has 1 saturated carbocycles. The maximum absolute atomic E-state index is 11.0. The van der Waals surface area contributed by atoms with Gasteiger partial charge in [-0.15, -0.1) is 0 Å². The second kappa shape index (κ2) is 5.35. The molecule has 0 unspecified atom stereocenters. The highest BCUT2D eigenvalue weighted by atomic mass is 16.3. The summed E-state index contributed by atoms with van der Waals surface area (Å²) in [5.74, 6) is 1.30. The van der Waals surface area contributed by atoms with Crippen molar-refractivity contribution < 1.29 is 9.90 Å². The first-order valence-corrected chi connectivity index (χ1v) is 5.46. The SMILES string of the molecule is CC(=O)N(C)CC1CCC(CO)CC1. The largest absolute Gasteiger partial charge is 0.396 e. The van der Waals surface area contributed by atoms with Crippen molar-refractivity contribution >= 4 is 5.91 Å². The van der Waals surface area contributed by atoms with Crippen LogP contribution in [0.1, 0.15) is 32.6 Å². The van der Waals surface area contributed by atoms with Gasteiger partial charge < -0.3 is 10.0 Å². The molecule has 0 bridgehead atoms. The fourth-order valence-corrected chi connectivity index (χ4v) is 2.11. The molecule has 0 aromatic rings. The predicted octanol–water partition coefficient (Wildman–Crippen LogP) is 1.26. The van der Waals surface area contributed by atoms with Gasteiger partial charge in [-0.25, -0.2) is 0 Å². The van der Waals surface area contributed by atoms with Crippen LogP contribution in [0, 0.1) is 11.8 Å². The average Bonchev–Trinajstić information content (AvgIpc) is 2.19. The first-order valence-electron chi connectivity index (χ1n) is 5.46. The smallest absolute Gasteiger partial charge is 0.219 e. The number of carbonyl (C=O) groups is 1. The van der Waals surface area contributed by atoms with Gasteiger partial charge in [0.25, 0.3) is 0 Å². The van der Waals surface area contributed by atoms with E-state index in [1.165, 1.54) is 0 Å².